The molecule has 0 saturated heterocycles. The van der Waals surface area contributed by atoms with E-state index in [9.17, 15) is 5.26 Å². The van der Waals surface area contributed by atoms with Crippen LogP contribution in [0, 0.1) is 17.9 Å². The summed E-state index contributed by atoms with van der Waals surface area (Å²) in [4.78, 5) is 25.1. The number of rotatable bonds is 9. The lowest BCUT2D eigenvalue weighted by molar-refractivity contribution is 1.13. The van der Waals surface area contributed by atoms with Gasteiger partial charge in [0.05, 0.1) is 57.7 Å². The zero-order chi connectivity index (χ0) is 47.7. The van der Waals surface area contributed by atoms with E-state index in [2.05, 4.69) is 131 Å². The topological polar surface area (TPSA) is 84.6 Å². The first kappa shape index (κ1) is 42.3. The van der Waals surface area contributed by atoms with Crippen molar-refractivity contribution in [2.24, 2.45) is 0 Å². The molecule has 0 saturated carbocycles. The largest absolute Gasteiger partial charge is 0.308 e. The molecule has 7 nitrogen and oxygen atoms in total. The number of fused-ring (bicyclic) bond motifs is 3. The van der Waals surface area contributed by atoms with Crippen LogP contribution in [-0.4, -0.2) is 24.5 Å². The maximum atomic E-state index is 9.85. The molecule has 0 aliphatic carbocycles. The van der Waals surface area contributed by atoms with Gasteiger partial charge in [-0.15, -0.1) is 0 Å². The summed E-state index contributed by atoms with van der Waals surface area (Å²) in [5.41, 5.74) is 16.6. The Kier molecular flexibility index (Phi) is 10.8. The van der Waals surface area contributed by atoms with Crippen molar-refractivity contribution < 1.29 is 0 Å². The van der Waals surface area contributed by atoms with E-state index in [1.54, 1.807) is 0 Å². The Morgan fingerprint density at radius 3 is 1.27 bits per heavy atom. The molecule has 0 amide bonds. The smallest absolute Gasteiger partial charge is 0.187 e. The van der Waals surface area contributed by atoms with Crippen LogP contribution in [0.4, 0.5) is 5.69 Å². The number of nitrogens with zero attached hydrogens (tertiary/aromatic N) is 7. The molecule has 0 aliphatic heterocycles. The van der Waals surface area contributed by atoms with E-state index in [1.807, 2.05) is 121 Å². The van der Waals surface area contributed by atoms with Gasteiger partial charge < -0.3 is 4.57 Å². The van der Waals surface area contributed by atoms with E-state index >= 15 is 0 Å². The van der Waals surface area contributed by atoms with Gasteiger partial charge in [0.25, 0.3) is 0 Å². The van der Waals surface area contributed by atoms with Gasteiger partial charge in [0.2, 0.25) is 0 Å². The summed E-state index contributed by atoms with van der Waals surface area (Å²) in [5.74, 6) is 1.11. The Balaban J connectivity index is 1.15. The molecule has 9 aromatic carbocycles. The molecule has 0 unspecified atom stereocenters. The van der Waals surface area contributed by atoms with Crippen molar-refractivity contribution in [3.63, 3.8) is 0 Å². The Labute approximate surface area is 410 Å². The van der Waals surface area contributed by atoms with Crippen molar-refractivity contribution in [2.75, 3.05) is 0 Å². The molecule has 0 radical (unpaired) electrons. The monoisotopic (exact) mass is 905 g/mol. The molecule has 7 heteroatoms. The summed E-state index contributed by atoms with van der Waals surface area (Å²) in [6, 6.07) is 82.1. The highest BCUT2D eigenvalue weighted by Crippen LogP contribution is 2.42. The molecule has 330 valence electrons. The summed E-state index contributed by atoms with van der Waals surface area (Å²) < 4.78 is 2.30. The molecule has 71 heavy (non-hydrogen) atoms. The first-order valence-electron chi connectivity index (χ1n) is 23.3. The molecular formula is C64H39N7. The minimum atomic E-state index is 0.539. The van der Waals surface area contributed by atoms with Gasteiger partial charge in [0.15, 0.2) is 17.3 Å². The summed E-state index contributed by atoms with van der Waals surface area (Å²) >= 11 is 0. The van der Waals surface area contributed by atoms with Crippen LogP contribution in [0.25, 0.3) is 122 Å². The number of nitriles is 1. The molecule has 0 N–H and O–H groups in total. The van der Waals surface area contributed by atoms with E-state index in [-0.39, 0.29) is 0 Å². The Morgan fingerprint density at radius 2 is 0.789 bits per heavy atom. The van der Waals surface area contributed by atoms with Crippen LogP contribution < -0.4 is 0 Å². The molecule has 3 heterocycles. The summed E-state index contributed by atoms with van der Waals surface area (Å²) in [5, 5.41) is 11.9. The van der Waals surface area contributed by atoms with Crippen LogP contribution >= 0.6 is 0 Å². The van der Waals surface area contributed by atoms with E-state index in [0.717, 1.165) is 106 Å². The van der Waals surface area contributed by atoms with Gasteiger partial charge >= 0.3 is 0 Å². The SMILES string of the molecule is [C-]#[N+]c1cccc(-c2ccc3c(c2)c2cc(-c4cccc(C#N)c4)ccc2n3-c2ccc(-c3nc(-c4ccccc4)cc(-c4ccccc4)n3)cc2-c2nc(-c3ccccc3)cc(-c3ccccc3)n2)c1. The lowest BCUT2D eigenvalue weighted by Crippen LogP contribution is -2.03. The normalized spacial score (nSPS) is 11.1. The van der Waals surface area contributed by atoms with Gasteiger partial charge in [0.1, 0.15) is 0 Å². The number of hydrogen-bond donors (Lipinski definition) is 0. The maximum Gasteiger partial charge on any atom is 0.187 e. The molecule has 0 bridgehead atoms. The highest BCUT2D eigenvalue weighted by molar-refractivity contribution is 6.12. The average Bonchev–Trinajstić information content (AvgIpc) is 3.78. The zero-order valence-electron chi connectivity index (χ0n) is 38.1. The second kappa shape index (κ2) is 18.2. The summed E-state index contributed by atoms with van der Waals surface area (Å²) in [7, 11) is 0. The first-order chi connectivity index (χ1) is 35.1. The first-order valence-corrected chi connectivity index (χ1v) is 23.3. The van der Waals surface area contributed by atoms with Gasteiger partial charge in [-0.1, -0.05) is 164 Å². The third-order valence-electron chi connectivity index (χ3n) is 12.9. The van der Waals surface area contributed by atoms with Crippen LogP contribution in [0.2, 0.25) is 0 Å². The zero-order valence-corrected chi connectivity index (χ0v) is 38.1. The highest BCUT2D eigenvalue weighted by Gasteiger charge is 2.22. The molecule has 0 fully saturated rings. The van der Waals surface area contributed by atoms with Gasteiger partial charge in [-0.2, -0.15) is 5.26 Å². The molecule has 0 atom stereocenters. The van der Waals surface area contributed by atoms with Gasteiger partial charge in [0, 0.05) is 44.2 Å². The van der Waals surface area contributed by atoms with Crippen molar-refractivity contribution in [1.29, 1.82) is 5.26 Å². The molecular weight excluding hydrogens is 867 g/mol. The van der Waals surface area contributed by atoms with E-state index in [1.165, 1.54) is 0 Å². The highest BCUT2D eigenvalue weighted by atomic mass is 15.0. The van der Waals surface area contributed by atoms with Crippen LogP contribution in [0.3, 0.4) is 0 Å². The fourth-order valence-corrected chi connectivity index (χ4v) is 9.39. The standard InChI is InChI=1S/C64H39N7/c1-66-52-27-15-26-48(35-52)50-29-32-61-54(37-50)53-36-49(47-25-14-16-42(34-47)41-65)28-31-60(53)71(61)62-33-30-51(63-67-56(43-17-6-2-7-18-43)39-57(68-63)44-19-8-3-9-20-44)38-55(62)64-69-58(45-21-10-4-11-22-45)40-59(70-64)46-23-12-5-13-24-46/h2-40H. The van der Waals surface area contributed by atoms with Crippen LogP contribution in [-0.2, 0) is 0 Å². The number of hydrogen-bond acceptors (Lipinski definition) is 5. The van der Waals surface area contributed by atoms with E-state index in [4.69, 9.17) is 26.5 Å². The minimum Gasteiger partial charge on any atom is -0.308 e. The van der Waals surface area contributed by atoms with Crippen LogP contribution in [0.15, 0.2) is 237 Å². The number of benzene rings is 9. The summed E-state index contributed by atoms with van der Waals surface area (Å²) in [6.45, 7) is 7.74. The van der Waals surface area contributed by atoms with Gasteiger partial charge in [-0.05, 0) is 95.1 Å². The third-order valence-corrected chi connectivity index (χ3v) is 12.9. The lowest BCUT2D eigenvalue weighted by Gasteiger charge is -2.17. The molecule has 0 spiro atoms. The van der Waals surface area contributed by atoms with E-state index < -0.39 is 0 Å². The quantitative estimate of drug-likeness (QED) is 0.135. The Bertz CT molecular complexity index is 3830. The van der Waals surface area contributed by atoms with Crippen molar-refractivity contribution in [1.82, 2.24) is 24.5 Å². The minimum absolute atomic E-state index is 0.539. The molecule has 0 aliphatic rings. The molecule has 12 rings (SSSR count). The Hall–Kier alpha value is -10.1. The van der Waals surface area contributed by atoms with Crippen LogP contribution in [0.5, 0.6) is 0 Å². The van der Waals surface area contributed by atoms with Gasteiger partial charge in [-0.25, -0.2) is 24.8 Å². The van der Waals surface area contributed by atoms with Crippen molar-refractivity contribution in [3.8, 4) is 102 Å². The second-order valence-electron chi connectivity index (χ2n) is 17.3. The lowest BCUT2D eigenvalue weighted by atomic mass is 9.99. The third kappa shape index (κ3) is 8.16. The predicted molar refractivity (Wildman–Crippen MR) is 286 cm³/mol. The molecule has 12 aromatic rings. The predicted octanol–water partition coefficient (Wildman–Crippen LogP) is 16.1. The van der Waals surface area contributed by atoms with Crippen molar-refractivity contribution >= 4 is 27.5 Å². The van der Waals surface area contributed by atoms with Crippen molar-refractivity contribution in [3.05, 3.63) is 254 Å². The summed E-state index contributed by atoms with van der Waals surface area (Å²) in [6.07, 6.45) is 0. The fourth-order valence-electron chi connectivity index (χ4n) is 9.39. The number of aromatic nitrogens is 5. The van der Waals surface area contributed by atoms with Crippen LogP contribution in [0.1, 0.15) is 5.56 Å². The maximum absolute atomic E-state index is 9.85. The average molecular weight is 906 g/mol. The van der Waals surface area contributed by atoms with Gasteiger partial charge in [-0.3, -0.25) is 0 Å². The van der Waals surface area contributed by atoms with E-state index in [0.29, 0.717) is 22.9 Å². The molecule has 3 aromatic heterocycles. The second-order valence-corrected chi connectivity index (χ2v) is 17.3. The fraction of sp³-hybridized carbons (Fsp3) is 0. The van der Waals surface area contributed by atoms with Crippen molar-refractivity contribution in [2.45, 2.75) is 0 Å². The Morgan fingerprint density at radius 1 is 0.366 bits per heavy atom.